The van der Waals surface area contributed by atoms with E-state index in [1.165, 1.54) is 12.8 Å². The van der Waals surface area contributed by atoms with Gasteiger partial charge in [-0.3, -0.25) is 4.79 Å². The number of nitrogens with one attached hydrogen (secondary N) is 2. The molecule has 3 nitrogen and oxygen atoms in total. The largest absolute Gasteiger partial charge is 0.351 e. The Morgan fingerprint density at radius 3 is 2.56 bits per heavy atom. The van der Waals surface area contributed by atoms with E-state index in [2.05, 4.69) is 10.6 Å². The molecule has 1 atom stereocenters. The summed E-state index contributed by atoms with van der Waals surface area (Å²) < 4.78 is 0. The molecule has 1 amide bonds. The van der Waals surface area contributed by atoms with Gasteiger partial charge in [-0.2, -0.15) is 0 Å². The van der Waals surface area contributed by atoms with E-state index in [9.17, 15) is 4.79 Å². The molecule has 5 heteroatoms. The topological polar surface area (TPSA) is 41.1 Å². The second-order valence-corrected chi connectivity index (χ2v) is 4.94. The van der Waals surface area contributed by atoms with E-state index in [4.69, 9.17) is 11.6 Å². The lowest BCUT2D eigenvalue weighted by molar-refractivity contribution is -0.122. The molecular formula is C13H18Cl2N2O. The Balaban J connectivity index is 0.00000162. The van der Waals surface area contributed by atoms with Crippen LogP contribution in [0.2, 0.25) is 5.02 Å². The summed E-state index contributed by atoms with van der Waals surface area (Å²) in [5.41, 5.74) is 1.06. The average molecular weight is 289 g/mol. The lowest BCUT2D eigenvalue weighted by Crippen LogP contribution is -2.42. The molecule has 2 N–H and O–H groups in total. The molecule has 1 aliphatic rings. The van der Waals surface area contributed by atoms with Gasteiger partial charge in [0.15, 0.2) is 0 Å². The number of benzene rings is 1. The predicted octanol–water partition coefficient (Wildman–Crippen LogP) is 2.52. The third-order valence-electron chi connectivity index (χ3n) is 2.84. The van der Waals surface area contributed by atoms with Crippen LogP contribution in [0, 0.1) is 0 Å². The fraction of sp³-hybridized carbons (Fsp3) is 0.462. The maximum Gasteiger partial charge on any atom is 0.237 e. The van der Waals surface area contributed by atoms with Crippen molar-refractivity contribution in [1.82, 2.24) is 10.6 Å². The molecule has 18 heavy (non-hydrogen) atoms. The summed E-state index contributed by atoms with van der Waals surface area (Å²) in [4.78, 5) is 11.7. The number of carbonyl (C=O) groups is 1. The summed E-state index contributed by atoms with van der Waals surface area (Å²) in [6.07, 6.45) is 2.38. The van der Waals surface area contributed by atoms with Gasteiger partial charge < -0.3 is 10.6 Å². The SMILES string of the molecule is CC(NC1CC1)C(=O)NCc1ccc(Cl)cc1.Cl. The zero-order chi connectivity index (χ0) is 12.3. The summed E-state index contributed by atoms with van der Waals surface area (Å²) >= 11 is 5.79. The molecule has 1 unspecified atom stereocenters. The Labute approximate surface area is 119 Å². The van der Waals surface area contributed by atoms with Crippen LogP contribution in [0.5, 0.6) is 0 Å². The minimum atomic E-state index is -0.116. The van der Waals surface area contributed by atoms with E-state index in [0.717, 1.165) is 5.56 Å². The fourth-order valence-corrected chi connectivity index (χ4v) is 1.75. The summed E-state index contributed by atoms with van der Waals surface area (Å²) in [5.74, 6) is 0.0480. The van der Waals surface area contributed by atoms with Crippen molar-refractivity contribution < 1.29 is 4.79 Å². The van der Waals surface area contributed by atoms with Crippen LogP contribution in [0.3, 0.4) is 0 Å². The first-order valence-electron chi connectivity index (χ1n) is 5.93. The third-order valence-corrected chi connectivity index (χ3v) is 3.09. The molecule has 0 bridgehead atoms. The normalized spacial score (nSPS) is 15.7. The first kappa shape index (κ1) is 15.3. The monoisotopic (exact) mass is 288 g/mol. The number of amides is 1. The van der Waals surface area contributed by atoms with Crippen LogP contribution >= 0.6 is 24.0 Å². The standard InChI is InChI=1S/C13H17ClN2O.ClH/c1-9(16-12-6-7-12)13(17)15-8-10-2-4-11(14)5-3-10;/h2-5,9,12,16H,6-8H2,1H3,(H,15,17);1H. The number of hydrogen-bond donors (Lipinski definition) is 2. The van der Waals surface area contributed by atoms with E-state index in [1.807, 2.05) is 31.2 Å². The minimum absolute atomic E-state index is 0. The van der Waals surface area contributed by atoms with E-state index < -0.39 is 0 Å². The molecule has 100 valence electrons. The van der Waals surface area contributed by atoms with Gasteiger partial charge in [0.2, 0.25) is 5.91 Å². The summed E-state index contributed by atoms with van der Waals surface area (Å²) in [5, 5.41) is 6.88. The molecule has 0 heterocycles. The molecule has 0 spiro atoms. The maximum absolute atomic E-state index is 11.7. The van der Waals surface area contributed by atoms with Crippen LogP contribution in [-0.2, 0) is 11.3 Å². The summed E-state index contributed by atoms with van der Waals surface area (Å²) in [6.45, 7) is 2.45. The van der Waals surface area contributed by atoms with Gasteiger partial charge in [0, 0.05) is 17.6 Å². The molecule has 0 aromatic heterocycles. The maximum atomic E-state index is 11.7. The molecule has 1 saturated carbocycles. The number of carbonyl (C=O) groups excluding carboxylic acids is 1. The second-order valence-electron chi connectivity index (χ2n) is 4.51. The highest BCUT2D eigenvalue weighted by molar-refractivity contribution is 6.30. The highest BCUT2D eigenvalue weighted by Crippen LogP contribution is 2.19. The molecule has 1 aliphatic carbocycles. The van der Waals surface area contributed by atoms with Crippen LogP contribution in [0.4, 0.5) is 0 Å². The van der Waals surface area contributed by atoms with Crippen molar-refractivity contribution in [2.24, 2.45) is 0 Å². The zero-order valence-electron chi connectivity index (χ0n) is 10.3. The average Bonchev–Trinajstić information content (AvgIpc) is 3.11. The van der Waals surface area contributed by atoms with E-state index in [1.54, 1.807) is 0 Å². The Kier molecular flexibility index (Phi) is 5.93. The van der Waals surface area contributed by atoms with Crippen molar-refractivity contribution in [1.29, 1.82) is 0 Å². The Morgan fingerprint density at radius 2 is 2.00 bits per heavy atom. The van der Waals surface area contributed by atoms with Crippen molar-refractivity contribution in [3.8, 4) is 0 Å². The quantitative estimate of drug-likeness (QED) is 0.874. The van der Waals surface area contributed by atoms with Gasteiger partial charge in [-0.15, -0.1) is 12.4 Å². The molecule has 1 aromatic rings. The molecule has 2 rings (SSSR count). The van der Waals surface area contributed by atoms with Crippen molar-refractivity contribution in [3.63, 3.8) is 0 Å². The number of rotatable bonds is 5. The predicted molar refractivity (Wildman–Crippen MR) is 76.2 cm³/mol. The van der Waals surface area contributed by atoms with Gasteiger partial charge >= 0.3 is 0 Å². The minimum Gasteiger partial charge on any atom is -0.351 e. The fourth-order valence-electron chi connectivity index (χ4n) is 1.62. The number of hydrogen-bond acceptors (Lipinski definition) is 2. The Hall–Kier alpha value is -0.770. The molecule has 0 radical (unpaired) electrons. The van der Waals surface area contributed by atoms with E-state index in [0.29, 0.717) is 17.6 Å². The number of halogens is 2. The van der Waals surface area contributed by atoms with Crippen LogP contribution in [-0.4, -0.2) is 18.0 Å². The Morgan fingerprint density at radius 1 is 1.39 bits per heavy atom. The Bertz CT molecular complexity index is 390. The van der Waals surface area contributed by atoms with E-state index in [-0.39, 0.29) is 24.4 Å². The molecule has 0 aliphatic heterocycles. The van der Waals surface area contributed by atoms with Crippen molar-refractivity contribution in [2.75, 3.05) is 0 Å². The van der Waals surface area contributed by atoms with Crippen LogP contribution < -0.4 is 10.6 Å². The van der Waals surface area contributed by atoms with Gasteiger partial charge in [-0.1, -0.05) is 23.7 Å². The van der Waals surface area contributed by atoms with Gasteiger partial charge in [-0.05, 0) is 37.5 Å². The lowest BCUT2D eigenvalue weighted by atomic mass is 10.2. The second kappa shape index (κ2) is 6.98. The zero-order valence-corrected chi connectivity index (χ0v) is 11.9. The van der Waals surface area contributed by atoms with Crippen molar-refractivity contribution >= 4 is 29.9 Å². The molecule has 0 saturated heterocycles. The van der Waals surface area contributed by atoms with Crippen molar-refractivity contribution in [2.45, 2.75) is 38.4 Å². The summed E-state index contributed by atoms with van der Waals surface area (Å²) in [7, 11) is 0. The third kappa shape index (κ3) is 4.84. The first-order chi connectivity index (χ1) is 8.15. The lowest BCUT2D eigenvalue weighted by Gasteiger charge is -2.13. The van der Waals surface area contributed by atoms with Gasteiger partial charge in [0.05, 0.1) is 6.04 Å². The van der Waals surface area contributed by atoms with Gasteiger partial charge in [0.25, 0.3) is 0 Å². The molecule has 1 aromatic carbocycles. The molecular weight excluding hydrogens is 271 g/mol. The summed E-state index contributed by atoms with van der Waals surface area (Å²) in [6, 6.07) is 7.92. The van der Waals surface area contributed by atoms with E-state index >= 15 is 0 Å². The highest BCUT2D eigenvalue weighted by atomic mass is 35.5. The van der Waals surface area contributed by atoms with Gasteiger partial charge in [0.1, 0.15) is 0 Å². The van der Waals surface area contributed by atoms with Crippen LogP contribution in [0.25, 0.3) is 0 Å². The smallest absolute Gasteiger partial charge is 0.237 e. The van der Waals surface area contributed by atoms with Crippen LogP contribution in [0.15, 0.2) is 24.3 Å². The van der Waals surface area contributed by atoms with Crippen LogP contribution in [0.1, 0.15) is 25.3 Å². The van der Waals surface area contributed by atoms with Crippen molar-refractivity contribution in [3.05, 3.63) is 34.9 Å². The van der Waals surface area contributed by atoms with Gasteiger partial charge in [-0.25, -0.2) is 0 Å². The highest BCUT2D eigenvalue weighted by Gasteiger charge is 2.25. The molecule has 1 fully saturated rings. The first-order valence-corrected chi connectivity index (χ1v) is 6.31.